The summed E-state index contributed by atoms with van der Waals surface area (Å²) in [6.45, 7) is 2.11. The normalized spacial score (nSPS) is 10.8. The molecule has 0 bridgehead atoms. The zero-order valence-electron chi connectivity index (χ0n) is 15.9. The van der Waals surface area contributed by atoms with Gasteiger partial charge in [0.1, 0.15) is 5.75 Å². The molecule has 0 spiro atoms. The number of hydrogen-bond donors (Lipinski definition) is 2. The number of para-hydroxylation sites is 2. The standard InChI is InChI=1S/C21H25N5O.HI/c1-22-21(23-13-8-14-27-20-11-6-3-7-12-20)24-15-18-16-25-26(17-18)19-9-4-2-5-10-19;/h2-7,9-12,16-17H,8,13-15H2,1H3,(H2,22,23,24);1H. The highest BCUT2D eigenvalue weighted by Crippen LogP contribution is 2.08. The molecule has 2 aromatic carbocycles. The smallest absolute Gasteiger partial charge is 0.191 e. The van der Waals surface area contributed by atoms with E-state index in [0.717, 1.165) is 35.9 Å². The first-order valence-corrected chi connectivity index (χ1v) is 9.06. The van der Waals surface area contributed by atoms with Crippen LogP contribution in [0.1, 0.15) is 12.0 Å². The molecule has 1 aromatic heterocycles. The summed E-state index contributed by atoms with van der Waals surface area (Å²) in [5, 5.41) is 11.0. The zero-order chi connectivity index (χ0) is 18.7. The maximum absolute atomic E-state index is 5.68. The molecule has 0 aliphatic heterocycles. The fraction of sp³-hybridized carbons (Fsp3) is 0.238. The molecule has 0 amide bonds. The largest absolute Gasteiger partial charge is 0.494 e. The molecule has 0 saturated heterocycles. The van der Waals surface area contributed by atoms with E-state index in [9.17, 15) is 0 Å². The van der Waals surface area contributed by atoms with Crippen LogP contribution in [0.3, 0.4) is 0 Å². The van der Waals surface area contributed by atoms with E-state index < -0.39 is 0 Å². The van der Waals surface area contributed by atoms with Crippen LogP contribution in [0.5, 0.6) is 5.75 Å². The number of nitrogens with zero attached hydrogens (tertiary/aromatic N) is 3. The number of guanidine groups is 1. The van der Waals surface area contributed by atoms with Crippen molar-refractivity contribution in [3.8, 4) is 11.4 Å². The van der Waals surface area contributed by atoms with E-state index in [4.69, 9.17) is 4.74 Å². The third-order valence-electron chi connectivity index (χ3n) is 3.97. The van der Waals surface area contributed by atoms with Crippen molar-refractivity contribution in [3.63, 3.8) is 0 Å². The van der Waals surface area contributed by atoms with E-state index in [2.05, 4.69) is 20.7 Å². The summed E-state index contributed by atoms with van der Waals surface area (Å²) in [7, 11) is 1.77. The second-order valence-electron chi connectivity index (χ2n) is 6.00. The van der Waals surface area contributed by atoms with Crippen molar-refractivity contribution in [2.24, 2.45) is 4.99 Å². The van der Waals surface area contributed by atoms with E-state index in [1.54, 1.807) is 7.05 Å². The molecule has 6 nitrogen and oxygen atoms in total. The van der Waals surface area contributed by atoms with Gasteiger partial charge in [0.25, 0.3) is 0 Å². The summed E-state index contributed by atoms with van der Waals surface area (Å²) in [6.07, 6.45) is 4.77. The van der Waals surface area contributed by atoms with Gasteiger partial charge in [-0.15, -0.1) is 24.0 Å². The van der Waals surface area contributed by atoms with Crippen molar-refractivity contribution in [2.75, 3.05) is 20.2 Å². The molecule has 0 aliphatic rings. The highest BCUT2D eigenvalue weighted by molar-refractivity contribution is 14.0. The maximum Gasteiger partial charge on any atom is 0.191 e. The molecular formula is C21H26IN5O. The predicted molar refractivity (Wildman–Crippen MR) is 124 cm³/mol. The van der Waals surface area contributed by atoms with E-state index in [-0.39, 0.29) is 24.0 Å². The van der Waals surface area contributed by atoms with Gasteiger partial charge in [-0.2, -0.15) is 5.10 Å². The van der Waals surface area contributed by atoms with Crippen molar-refractivity contribution >= 4 is 29.9 Å². The minimum absolute atomic E-state index is 0. The molecule has 0 atom stereocenters. The third kappa shape index (κ3) is 6.88. The minimum atomic E-state index is 0. The van der Waals surface area contributed by atoms with Crippen molar-refractivity contribution in [3.05, 3.63) is 78.6 Å². The number of rotatable bonds is 8. The van der Waals surface area contributed by atoms with Crippen LogP contribution in [0.2, 0.25) is 0 Å². The first-order chi connectivity index (χ1) is 13.3. The number of ether oxygens (including phenoxy) is 1. The van der Waals surface area contributed by atoms with Crippen molar-refractivity contribution in [2.45, 2.75) is 13.0 Å². The molecule has 0 unspecified atom stereocenters. The van der Waals surface area contributed by atoms with Gasteiger partial charge < -0.3 is 15.4 Å². The lowest BCUT2D eigenvalue weighted by molar-refractivity contribution is 0.311. The Hall–Kier alpha value is -2.55. The first-order valence-electron chi connectivity index (χ1n) is 9.06. The van der Waals surface area contributed by atoms with Crippen LogP contribution in [0.25, 0.3) is 5.69 Å². The first kappa shape index (κ1) is 21.7. The van der Waals surface area contributed by atoms with Gasteiger partial charge in [0.05, 0.1) is 18.5 Å². The lowest BCUT2D eigenvalue weighted by Crippen LogP contribution is -2.37. The number of aromatic nitrogens is 2. The highest BCUT2D eigenvalue weighted by Gasteiger charge is 2.02. The Morgan fingerprint density at radius 3 is 2.46 bits per heavy atom. The van der Waals surface area contributed by atoms with Gasteiger partial charge >= 0.3 is 0 Å². The molecule has 0 saturated carbocycles. The highest BCUT2D eigenvalue weighted by atomic mass is 127. The molecule has 0 aliphatic carbocycles. The summed E-state index contributed by atoms with van der Waals surface area (Å²) in [6, 6.07) is 19.9. The predicted octanol–water partition coefficient (Wildman–Crippen LogP) is 3.62. The Balaban J connectivity index is 0.00000280. The molecule has 2 N–H and O–H groups in total. The lowest BCUT2D eigenvalue weighted by Gasteiger charge is -2.11. The summed E-state index contributed by atoms with van der Waals surface area (Å²) in [5.41, 5.74) is 2.14. The molecular weight excluding hydrogens is 465 g/mol. The van der Waals surface area contributed by atoms with Crippen LogP contribution in [0, 0.1) is 0 Å². The molecule has 3 aromatic rings. The molecule has 0 fully saturated rings. The Kier molecular flexibility index (Phi) is 9.33. The number of nitrogens with one attached hydrogen (secondary N) is 2. The second kappa shape index (κ2) is 12.0. The molecule has 3 rings (SSSR count). The zero-order valence-corrected chi connectivity index (χ0v) is 18.2. The number of hydrogen-bond acceptors (Lipinski definition) is 3. The molecule has 28 heavy (non-hydrogen) atoms. The quantitative estimate of drug-likeness (QED) is 0.219. The van der Waals surface area contributed by atoms with Crippen LogP contribution in [0.4, 0.5) is 0 Å². The van der Waals surface area contributed by atoms with Crippen LogP contribution in [-0.4, -0.2) is 35.9 Å². The second-order valence-corrected chi connectivity index (χ2v) is 6.00. The van der Waals surface area contributed by atoms with E-state index in [0.29, 0.717) is 13.2 Å². The van der Waals surface area contributed by atoms with Gasteiger partial charge in [0.15, 0.2) is 5.96 Å². The van der Waals surface area contributed by atoms with E-state index in [1.165, 1.54) is 0 Å². The van der Waals surface area contributed by atoms with Crippen LogP contribution in [0.15, 0.2) is 78.0 Å². The van der Waals surface area contributed by atoms with Crippen LogP contribution >= 0.6 is 24.0 Å². The molecule has 7 heteroatoms. The average molecular weight is 491 g/mol. The fourth-order valence-corrected chi connectivity index (χ4v) is 2.57. The monoisotopic (exact) mass is 491 g/mol. The molecule has 148 valence electrons. The third-order valence-corrected chi connectivity index (χ3v) is 3.97. The van der Waals surface area contributed by atoms with E-state index in [1.807, 2.05) is 77.7 Å². The Bertz CT molecular complexity index is 836. The summed E-state index contributed by atoms with van der Waals surface area (Å²) < 4.78 is 7.55. The summed E-state index contributed by atoms with van der Waals surface area (Å²) in [5.74, 6) is 1.66. The van der Waals surface area contributed by atoms with Gasteiger partial charge in [-0.05, 0) is 30.7 Å². The summed E-state index contributed by atoms with van der Waals surface area (Å²) in [4.78, 5) is 4.25. The number of halogens is 1. The topological polar surface area (TPSA) is 63.5 Å². The van der Waals surface area contributed by atoms with Gasteiger partial charge in [-0.1, -0.05) is 36.4 Å². The van der Waals surface area contributed by atoms with Gasteiger partial charge in [0.2, 0.25) is 0 Å². The van der Waals surface area contributed by atoms with Crippen LogP contribution < -0.4 is 15.4 Å². The Morgan fingerprint density at radius 2 is 1.75 bits per heavy atom. The Morgan fingerprint density at radius 1 is 1.04 bits per heavy atom. The number of benzene rings is 2. The van der Waals surface area contributed by atoms with Crippen molar-refractivity contribution < 1.29 is 4.74 Å². The van der Waals surface area contributed by atoms with E-state index >= 15 is 0 Å². The van der Waals surface area contributed by atoms with Gasteiger partial charge in [-0.3, -0.25) is 4.99 Å². The average Bonchev–Trinajstić information content (AvgIpc) is 3.20. The molecule has 0 radical (unpaired) electrons. The summed E-state index contributed by atoms with van der Waals surface area (Å²) >= 11 is 0. The number of aliphatic imine (C=N–C) groups is 1. The van der Waals surface area contributed by atoms with Crippen LogP contribution in [-0.2, 0) is 6.54 Å². The van der Waals surface area contributed by atoms with Crippen molar-refractivity contribution in [1.82, 2.24) is 20.4 Å². The minimum Gasteiger partial charge on any atom is -0.494 e. The van der Waals surface area contributed by atoms with Gasteiger partial charge in [0, 0.05) is 31.9 Å². The fourth-order valence-electron chi connectivity index (χ4n) is 2.57. The lowest BCUT2D eigenvalue weighted by atomic mass is 10.3. The van der Waals surface area contributed by atoms with Gasteiger partial charge in [-0.25, -0.2) is 4.68 Å². The Labute approximate surface area is 183 Å². The SMILES string of the molecule is CN=C(NCCCOc1ccccc1)NCc1cnn(-c2ccccc2)c1.I. The molecule has 1 heterocycles. The van der Waals surface area contributed by atoms with Crippen molar-refractivity contribution in [1.29, 1.82) is 0 Å². The maximum atomic E-state index is 5.68.